The van der Waals surface area contributed by atoms with Crippen LogP contribution in [0.25, 0.3) is 0 Å². The van der Waals surface area contributed by atoms with Crippen LogP contribution < -0.4 is 5.32 Å². The van der Waals surface area contributed by atoms with Gasteiger partial charge in [-0.1, -0.05) is 69.2 Å². The maximum Gasteiger partial charge on any atom is 0.407 e. The molecule has 9 nitrogen and oxygen atoms in total. The van der Waals surface area contributed by atoms with E-state index in [9.17, 15) is 9.59 Å². The van der Waals surface area contributed by atoms with Crippen molar-refractivity contribution in [3.63, 3.8) is 0 Å². The summed E-state index contributed by atoms with van der Waals surface area (Å²) in [5.74, 6) is 2.76. The number of alkyl carbamates (subject to hydrolysis) is 1. The van der Waals surface area contributed by atoms with E-state index in [1.54, 1.807) is 0 Å². The molecule has 1 N–H and O–H groups in total. The van der Waals surface area contributed by atoms with Crippen molar-refractivity contribution < 1.29 is 23.4 Å². The second-order valence-corrected chi connectivity index (χ2v) is 25.4. The van der Waals surface area contributed by atoms with Crippen molar-refractivity contribution in [3.05, 3.63) is 0 Å². The lowest BCUT2D eigenvalue weighted by atomic mass is 9.30. The fraction of sp³-hybridized carbons (Fsp3) is 0.942. The van der Waals surface area contributed by atoms with Crippen LogP contribution in [0, 0.1) is 67.5 Å². The van der Waals surface area contributed by atoms with Crippen molar-refractivity contribution in [1.82, 2.24) is 14.9 Å². The largest absolute Gasteiger partial charge is 0.446 e. The van der Waals surface area contributed by atoms with Gasteiger partial charge in [0, 0.05) is 37.6 Å². The van der Waals surface area contributed by atoms with Gasteiger partial charge in [0.15, 0.2) is 0 Å². The molecule has 1 saturated heterocycles. The number of hydrogen-bond donors (Lipinski definition) is 1. The highest BCUT2D eigenvalue weighted by molar-refractivity contribution is 7.44. The molecule has 0 spiro atoms. The minimum Gasteiger partial charge on any atom is -0.446 e. The molecular formula is C52H93N4O5P. The average Bonchev–Trinajstić information content (AvgIpc) is 3.55. The molecule has 62 heavy (non-hydrogen) atoms. The number of carbonyl (C=O) groups excluding carboxylic acids is 2. The minimum absolute atomic E-state index is 0. The number of carbonyl (C=O) groups is 2. The molecule has 1 unspecified atom stereocenters. The Morgan fingerprint density at radius 1 is 0.823 bits per heavy atom. The Balaban J connectivity index is 0.00000726. The number of ether oxygens (including phenoxy) is 1. The highest BCUT2D eigenvalue weighted by atomic mass is 31.2. The van der Waals surface area contributed by atoms with Crippen LogP contribution in [0.15, 0.2) is 0 Å². The Bertz CT molecular complexity index is 1580. The van der Waals surface area contributed by atoms with Gasteiger partial charge in [-0.2, -0.15) is 5.26 Å². The van der Waals surface area contributed by atoms with Crippen LogP contribution in [0.2, 0.25) is 0 Å². The van der Waals surface area contributed by atoms with E-state index in [1.807, 2.05) is 4.90 Å². The molecule has 13 atom stereocenters. The Morgan fingerprint density at radius 2 is 1.48 bits per heavy atom. The van der Waals surface area contributed by atoms with Crippen LogP contribution >= 0.6 is 8.53 Å². The molecule has 1 heterocycles. The van der Waals surface area contributed by atoms with Crippen LogP contribution in [-0.2, 0) is 18.6 Å². The minimum atomic E-state index is -1.34. The summed E-state index contributed by atoms with van der Waals surface area (Å²) in [7, 11) is -1.34. The molecule has 5 aliphatic carbocycles. The number of nitrogens with one attached hydrogen (secondary N) is 1. The van der Waals surface area contributed by atoms with Crippen molar-refractivity contribution in [2.75, 3.05) is 19.7 Å². The summed E-state index contributed by atoms with van der Waals surface area (Å²) < 4.78 is 21.2. The van der Waals surface area contributed by atoms with Gasteiger partial charge in [-0.15, -0.1) is 0 Å². The molecule has 5 saturated carbocycles. The van der Waals surface area contributed by atoms with Crippen molar-refractivity contribution >= 4 is 20.5 Å². The van der Waals surface area contributed by atoms with Gasteiger partial charge >= 0.3 is 6.09 Å². The molecule has 0 aromatic carbocycles. The lowest BCUT2D eigenvalue weighted by Crippen LogP contribution is -2.68. The highest BCUT2D eigenvalue weighted by Gasteiger charge is 2.71. The lowest BCUT2D eigenvalue weighted by molar-refractivity contribution is -0.263. The van der Waals surface area contributed by atoms with Crippen LogP contribution in [0.3, 0.4) is 0 Å². The van der Waals surface area contributed by atoms with Crippen molar-refractivity contribution in [2.45, 2.75) is 237 Å². The second-order valence-electron chi connectivity index (χ2n) is 24.0. The van der Waals surface area contributed by atoms with E-state index in [0.29, 0.717) is 71.4 Å². The Labute approximate surface area is 381 Å². The van der Waals surface area contributed by atoms with Crippen LogP contribution in [0.5, 0.6) is 0 Å². The zero-order chi connectivity index (χ0) is 44.8. The SMILES string of the molecule is C.CC(C)N(C(C)C)P(OCCC#N)O[C@@H]1C[C@@H](C)N(C(=O)CCCCCNC(=O)O[C@H]2CC[C@@H]3[C@](C)(CC[C@H]4[C@@]3(C)CC[C@@]3(C)[C@@H]5CC(C)(C)CC[C@]5(C)CC[C@]43C)[C@H]2C)C1. The van der Waals surface area contributed by atoms with E-state index in [-0.39, 0.29) is 55.2 Å². The first kappa shape index (κ1) is 51.5. The molecule has 6 aliphatic rings. The lowest BCUT2D eigenvalue weighted by Gasteiger charge is -2.75. The third-order valence-electron chi connectivity index (χ3n) is 19.3. The van der Waals surface area contributed by atoms with Gasteiger partial charge in [0.25, 0.3) is 8.53 Å². The quantitative estimate of drug-likeness (QED) is 0.129. The topological polar surface area (TPSA) is 104 Å². The number of likely N-dealkylation sites (tertiary alicyclic amines) is 1. The van der Waals surface area contributed by atoms with E-state index in [1.165, 1.54) is 57.8 Å². The predicted octanol–water partition coefficient (Wildman–Crippen LogP) is 13.5. The van der Waals surface area contributed by atoms with Crippen LogP contribution in [0.4, 0.5) is 4.79 Å². The number of unbranched alkanes of at least 4 members (excludes halogenated alkanes) is 2. The van der Waals surface area contributed by atoms with Gasteiger partial charge in [0.1, 0.15) is 6.10 Å². The van der Waals surface area contributed by atoms with E-state index in [4.69, 9.17) is 19.0 Å². The van der Waals surface area contributed by atoms with Crippen LogP contribution in [0.1, 0.15) is 207 Å². The molecule has 0 aromatic rings. The number of rotatable bonds is 15. The van der Waals surface area contributed by atoms with Gasteiger partial charge in [0.05, 0.1) is 25.2 Å². The normalized spacial score (nSPS) is 40.4. The van der Waals surface area contributed by atoms with E-state index in [0.717, 1.165) is 50.4 Å². The van der Waals surface area contributed by atoms with Crippen LogP contribution in [-0.4, -0.2) is 71.6 Å². The van der Waals surface area contributed by atoms with Gasteiger partial charge in [-0.05, 0) is 181 Å². The molecule has 0 aromatic heterocycles. The molecule has 10 heteroatoms. The second kappa shape index (κ2) is 19.8. The number of nitriles is 1. The van der Waals surface area contributed by atoms with Crippen molar-refractivity contribution in [1.29, 1.82) is 5.26 Å². The van der Waals surface area contributed by atoms with Crippen molar-refractivity contribution in [3.8, 4) is 6.07 Å². The Hall–Kier alpha value is -1.46. The number of hydrogen-bond acceptors (Lipinski definition) is 7. The number of nitrogens with zero attached hydrogens (tertiary/aromatic N) is 3. The summed E-state index contributed by atoms with van der Waals surface area (Å²) in [6.07, 6.45) is 18.1. The average molecular weight is 885 g/mol. The zero-order valence-electron chi connectivity index (χ0n) is 41.2. The molecule has 0 radical (unpaired) electrons. The third kappa shape index (κ3) is 9.81. The summed E-state index contributed by atoms with van der Waals surface area (Å²) >= 11 is 0. The first-order valence-electron chi connectivity index (χ1n) is 25.0. The van der Waals surface area contributed by atoms with E-state index >= 15 is 0 Å². The molecule has 6 fully saturated rings. The summed E-state index contributed by atoms with van der Waals surface area (Å²) in [5, 5.41) is 12.1. The standard InChI is InChI=1S/C51H89N4O5P.CH4/c1-35(2)55(36(3)4)61(58-31-17-29-52)60-39-32-37(5)54(34-39)44(56)18-15-14-16-30-53-45(57)59-40-19-20-41-48(10,38(40)6)22-21-42-49(41,11)26-28-51(13)43-33-46(7,8)23-24-47(43,9)25-27-50(42,51)12;/h35-43H,14-28,30-34H2,1-13H3,(H,53,57);1H4/t37-,38+,39-,40+,41-,42+,43-,47-,48-,49+,50-,51+,61?;/m1./s1. The first-order chi connectivity index (χ1) is 28.5. The Morgan fingerprint density at radius 3 is 2.16 bits per heavy atom. The molecule has 6 rings (SSSR count). The molecule has 2 amide bonds. The predicted molar refractivity (Wildman–Crippen MR) is 254 cm³/mol. The number of amides is 2. The fourth-order valence-electron chi connectivity index (χ4n) is 15.4. The highest BCUT2D eigenvalue weighted by Crippen LogP contribution is 2.78. The summed E-state index contributed by atoms with van der Waals surface area (Å²) in [4.78, 5) is 28.6. The van der Waals surface area contributed by atoms with E-state index < -0.39 is 8.53 Å². The first-order valence-corrected chi connectivity index (χ1v) is 26.2. The molecular weight excluding hydrogens is 792 g/mol. The molecule has 1 aliphatic heterocycles. The Kier molecular flexibility index (Phi) is 16.4. The summed E-state index contributed by atoms with van der Waals surface area (Å²) in [5.41, 5.74) is 2.27. The maximum absolute atomic E-state index is 13.3. The van der Waals surface area contributed by atoms with Gasteiger partial charge in [-0.25, -0.2) is 9.46 Å². The number of fused-ring (bicyclic) bond motifs is 7. The third-order valence-corrected chi connectivity index (χ3v) is 21.4. The monoisotopic (exact) mass is 885 g/mol. The molecule has 356 valence electrons. The maximum atomic E-state index is 13.3. The molecule has 0 bridgehead atoms. The fourth-order valence-corrected chi connectivity index (χ4v) is 17.1. The smallest absolute Gasteiger partial charge is 0.407 e. The zero-order valence-corrected chi connectivity index (χ0v) is 42.1. The van der Waals surface area contributed by atoms with Gasteiger partial charge in [0.2, 0.25) is 5.91 Å². The van der Waals surface area contributed by atoms with Gasteiger partial charge in [-0.3, -0.25) is 4.79 Å². The summed E-state index contributed by atoms with van der Waals surface area (Å²) in [6.45, 7) is 33.0. The van der Waals surface area contributed by atoms with Crippen molar-refractivity contribution in [2.24, 2.45) is 56.2 Å². The van der Waals surface area contributed by atoms with E-state index in [2.05, 4.69) is 106 Å². The summed E-state index contributed by atoms with van der Waals surface area (Å²) in [6, 6.07) is 2.74. The van der Waals surface area contributed by atoms with Gasteiger partial charge < -0.3 is 24.0 Å².